The van der Waals surface area contributed by atoms with E-state index in [1.165, 1.54) is 17.3 Å². The van der Waals surface area contributed by atoms with E-state index < -0.39 is 17.9 Å². The Morgan fingerprint density at radius 1 is 1.00 bits per heavy atom. The Labute approximate surface area is 141 Å². The van der Waals surface area contributed by atoms with Crippen molar-refractivity contribution in [2.75, 3.05) is 4.90 Å². The zero-order chi connectivity index (χ0) is 17.4. The molecule has 7 heteroatoms. The number of alkyl halides is 2. The maximum atomic E-state index is 15.2. The van der Waals surface area contributed by atoms with Crippen LogP contribution in [-0.4, -0.2) is 22.6 Å². The minimum Gasteiger partial charge on any atom is -0.297 e. The van der Waals surface area contributed by atoms with Crippen LogP contribution in [0.2, 0.25) is 0 Å². The van der Waals surface area contributed by atoms with Crippen molar-refractivity contribution in [1.82, 2.24) is 10.2 Å². The fourth-order valence-corrected chi connectivity index (χ4v) is 2.89. The van der Waals surface area contributed by atoms with Crippen molar-refractivity contribution < 1.29 is 13.2 Å². The molecule has 1 aromatic heterocycles. The van der Waals surface area contributed by atoms with E-state index in [9.17, 15) is 4.39 Å². The molecule has 4 nitrogen and oxygen atoms in total. The number of nitrogens with one attached hydrogen (secondary N) is 1. The third-order valence-electron chi connectivity index (χ3n) is 4.09. The standard InChI is InChI=1S/C18H13F3N4/c19-14-7-5-13(6-8-14)18(20,21)17-22-11-12-3-1-2-4-15(12)25(17)16-9-10-23-24-16/h1-11,17H,(H,23,24). The number of aromatic nitrogens is 2. The monoisotopic (exact) mass is 342 g/mol. The van der Waals surface area contributed by atoms with Gasteiger partial charge in [0.1, 0.15) is 11.6 Å². The fraction of sp³-hybridized carbons (Fsp3) is 0.111. The molecule has 0 aliphatic carbocycles. The molecule has 0 saturated heterocycles. The van der Waals surface area contributed by atoms with Gasteiger partial charge in [-0.05, 0) is 30.3 Å². The molecule has 0 saturated carbocycles. The van der Waals surface area contributed by atoms with E-state index in [4.69, 9.17) is 0 Å². The largest absolute Gasteiger partial charge is 0.313 e. The Hall–Kier alpha value is -3.09. The average Bonchev–Trinajstić information content (AvgIpc) is 3.15. The maximum absolute atomic E-state index is 15.2. The van der Waals surface area contributed by atoms with Crippen LogP contribution in [0, 0.1) is 5.82 Å². The summed E-state index contributed by atoms with van der Waals surface area (Å²) < 4.78 is 43.5. The van der Waals surface area contributed by atoms with Crippen molar-refractivity contribution >= 4 is 17.7 Å². The molecule has 1 aliphatic heterocycles. The lowest BCUT2D eigenvalue weighted by atomic mass is 10.0. The van der Waals surface area contributed by atoms with Gasteiger partial charge < -0.3 is 0 Å². The molecule has 1 atom stereocenters. The molecule has 0 amide bonds. The zero-order valence-corrected chi connectivity index (χ0v) is 12.9. The van der Waals surface area contributed by atoms with Gasteiger partial charge in [0, 0.05) is 23.4 Å². The number of anilines is 2. The molecule has 25 heavy (non-hydrogen) atoms. The van der Waals surface area contributed by atoms with Gasteiger partial charge in [-0.1, -0.05) is 18.2 Å². The molecule has 1 unspecified atom stereocenters. The molecule has 0 bridgehead atoms. The first-order valence-corrected chi connectivity index (χ1v) is 7.62. The van der Waals surface area contributed by atoms with Crippen LogP contribution in [0.25, 0.3) is 0 Å². The third kappa shape index (κ3) is 2.57. The summed E-state index contributed by atoms with van der Waals surface area (Å²) in [6.07, 6.45) is 1.40. The van der Waals surface area contributed by atoms with Gasteiger partial charge in [0.2, 0.25) is 0 Å². The quantitative estimate of drug-likeness (QED) is 0.774. The molecule has 4 rings (SSSR count). The third-order valence-corrected chi connectivity index (χ3v) is 4.09. The van der Waals surface area contributed by atoms with Gasteiger partial charge in [-0.2, -0.15) is 13.9 Å². The summed E-state index contributed by atoms with van der Waals surface area (Å²) in [5.74, 6) is -3.51. The van der Waals surface area contributed by atoms with Gasteiger partial charge in [0.05, 0.1) is 11.9 Å². The number of para-hydroxylation sites is 1. The van der Waals surface area contributed by atoms with Crippen LogP contribution in [0.5, 0.6) is 0 Å². The lowest BCUT2D eigenvalue weighted by Gasteiger charge is -2.37. The second kappa shape index (κ2) is 5.77. The number of benzene rings is 2. The van der Waals surface area contributed by atoms with Crippen LogP contribution in [0.15, 0.2) is 65.8 Å². The highest BCUT2D eigenvalue weighted by Crippen LogP contribution is 2.42. The molecule has 126 valence electrons. The van der Waals surface area contributed by atoms with Crippen molar-refractivity contribution in [3.8, 4) is 0 Å². The molecular weight excluding hydrogens is 329 g/mol. The highest BCUT2D eigenvalue weighted by atomic mass is 19.3. The molecule has 0 spiro atoms. The van der Waals surface area contributed by atoms with Crippen LogP contribution in [0.1, 0.15) is 11.1 Å². The van der Waals surface area contributed by atoms with Crippen molar-refractivity contribution in [1.29, 1.82) is 0 Å². The normalized spacial score (nSPS) is 16.8. The molecule has 1 aliphatic rings. The minimum absolute atomic E-state index is 0.306. The summed E-state index contributed by atoms with van der Waals surface area (Å²) in [5, 5.41) is 6.58. The first kappa shape index (κ1) is 15.4. The van der Waals surface area contributed by atoms with E-state index >= 15 is 8.78 Å². The van der Waals surface area contributed by atoms with Crippen molar-refractivity contribution in [3.63, 3.8) is 0 Å². The maximum Gasteiger partial charge on any atom is 0.313 e. The molecule has 3 aromatic rings. The van der Waals surface area contributed by atoms with E-state index in [0.717, 1.165) is 29.8 Å². The Morgan fingerprint density at radius 3 is 2.48 bits per heavy atom. The van der Waals surface area contributed by atoms with Gasteiger partial charge in [0.15, 0.2) is 6.17 Å². The minimum atomic E-state index is -3.34. The second-order valence-electron chi connectivity index (χ2n) is 5.65. The number of H-pyrrole nitrogens is 1. The smallest absolute Gasteiger partial charge is 0.297 e. The number of fused-ring (bicyclic) bond motifs is 1. The number of hydrogen-bond acceptors (Lipinski definition) is 3. The molecule has 0 radical (unpaired) electrons. The van der Waals surface area contributed by atoms with E-state index in [1.807, 2.05) is 6.07 Å². The SMILES string of the molecule is Fc1ccc(C(F)(F)C2N=Cc3ccccc3N2c2ccn[nH]2)cc1. The highest BCUT2D eigenvalue weighted by Gasteiger charge is 2.47. The first-order chi connectivity index (χ1) is 12.1. The summed E-state index contributed by atoms with van der Waals surface area (Å²) in [4.78, 5) is 5.50. The lowest BCUT2D eigenvalue weighted by Crippen LogP contribution is -2.45. The number of aliphatic imine (C=N–C) groups is 1. The van der Waals surface area contributed by atoms with Crippen molar-refractivity contribution in [2.24, 2.45) is 4.99 Å². The molecule has 0 fully saturated rings. The van der Waals surface area contributed by atoms with Gasteiger partial charge in [-0.15, -0.1) is 0 Å². The van der Waals surface area contributed by atoms with E-state index in [1.54, 1.807) is 24.3 Å². The zero-order valence-electron chi connectivity index (χ0n) is 12.9. The first-order valence-electron chi connectivity index (χ1n) is 7.62. The topological polar surface area (TPSA) is 44.3 Å². The highest BCUT2D eigenvalue weighted by molar-refractivity contribution is 5.92. The van der Waals surface area contributed by atoms with E-state index in [-0.39, 0.29) is 5.56 Å². The summed E-state index contributed by atoms with van der Waals surface area (Å²) in [6.45, 7) is 0. The number of halogens is 3. The predicted octanol–water partition coefficient (Wildman–Crippen LogP) is 4.24. The van der Waals surface area contributed by atoms with Crippen LogP contribution in [0.4, 0.5) is 24.7 Å². The Morgan fingerprint density at radius 2 is 1.76 bits per heavy atom. The second-order valence-corrected chi connectivity index (χ2v) is 5.65. The van der Waals surface area contributed by atoms with Crippen LogP contribution < -0.4 is 4.90 Å². The van der Waals surface area contributed by atoms with Gasteiger partial charge >= 0.3 is 5.92 Å². The molecule has 2 aromatic carbocycles. The van der Waals surface area contributed by atoms with E-state index in [2.05, 4.69) is 15.2 Å². The van der Waals surface area contributed by atoms with Crippen molar-refractivity contribution in [3.05, 3.63) is 77.7 Å². The molecular formula is C18H13F3N4. The van der Waals surface area contributed by atoms with Gasteiger partial charge in [0.25, 0.3) is 0 Å². The number of hydrogen-bond donors (Lipinski definition) is 1. The van der Waals surface area contributed by atoms with Crippen LogP contribution in [-0.2, 0) is 5.92 Å². The Balaban J connectivity index is 1.84. The number of rotatable bonds is 3. The lowest BCUT2D eigenvalue weighted by molar-refractivity contribution is -0.0286. The number of nitrogens with zero attached hydrogens (tertiary/aromatic N) is 3. The fourth-order valence-electron chi connectivity index (χ4n) is 2.89. The van der Waals surface area contributed by atoms with Gasteiger partial charge in [-0.25, -0.2) is 4.39 Å². The Kier molecular flexibility index (Phi) is 3.56. The summed E-state index contributed by atoms with van der Waals surface area (Å²) in [5.41, 5.74) is 1.01. The predicted molar refractivity (Wildman–Crippen MR) is 88.8 cm³/mol. The summed E-state index contributed by atoms with van der Waals surface area (Å²) >= 11 is 0. The van der Waals surface area contributed by atoms with Gasteiger partial charge in [-0.3, -0.25) is 15.0 Å². The molecule has 2 heterocycles. The summed E-state index contributed by atoms with van der Waals surface area (Å²) in [6, 6.07) is 12.9. The Bertz CT molecular complexity index is 904. The summed E-state index contributed by atoms with van der Waals surface area (Å²) in [7, 11) is 0. The molecule has 1 N–H and O–H groups in total. The average molecular weight is 342 g/mol. The van der Waals surface area contributed by atoms with Crippen LogP contribution in [0.3, 0.4) is 0 Å². The van der Waals surface area contributed by atoms with E-state index in [0.29, 0.717) is 11.5 Å². The number of aromatic amines is 1. The van der Waals surface area contributed by atoms with Crippen LogP contribution >= 0.6 is 0 Å². The van der Waals surface area contributed by atoms with Crippen molar-refractivity contribution in [2.45, 2.75) is 12.1 Å².